The lowest BCUT2D eigenvalue weighted by atomic mass is 10.1. The van der Waals surface area contributed by atoms with Crippen molar-refractivity contribution in [2.24, 2.45) is 0 Å². The van der Waals surface area contributed by atoms with Gasteiger partial charge in [0.15, 0.2) is 6.04 Å². The highest BCUT2D eigenvalue weighted by Crippen LogP contribution is 2.32. The highest BCUT2D eigenvalue weighted by atomic mass is 33.1. The minimum Gasteiger partial charge on any atom is -0.480 e. The topological polar surface area (TPSA) is 176 Å². The van der Waals surface area contributed by atoms with Crippen LogP contribution < -0.4 is 15.6 Å². The van der Waals surface area contributed by atoms with Gasteiger partial charge in [0, 0.05) is 47.7 Å². The van der Waals surface area contributed by atoms with Gasteiger partial charge < -0.3 is 25.2 Å². The van der Waals surface area contributed by atoms with Crippen LogP contribution in [0.4, 0.5) is 10.5 Å². The number of ether oxygens (including phenoxy) is 1. The van der Waals surface area contributed by atoms with Gasteiger partial charge in [0.1, 0.15) is 12.6 Å². The molecule has 0 aliphatic carbocycles. The van der Waals surface area contributed by atoms with Crippen LogP contribution in [-0.2, 0) is 32.1 Å². The molecule has 2 aromatic rings. The summed E-state index contributed by atoms with van der Waals surface area (Å²) >= 11 is 0. The Kier molecular flexibility index (Phi) is 10.8. The van der Waals surface area contributed by atoms with Gasteiger partial charge in [-0.15, -0.1) is 4.99 Å². The van der Waals surface area contributed by atoms with Gasteiger partial charge in [-0.3, -0.25) is 14.9 Å². The highest BCUT2D eigenvalue weighted by Gasteiger charge is 2.41. The van der Waals surface area contributed by atoms with Crippen molar-refractivity contribution in [3.8, 4) is 0 Å². The van der Waals surface area contributed by atoms with Crippen molar-refractivity contribution < 1.29 is 43.9 Å². The molecule has 2 atom stereocenters. The van der Waals surface area contributed by atoms with Gasteiger partial charge in [-0.1, -0.05) is 58.0 Å². The van der Waals surface area contributed by atoms with Crippen LogP contribution in [0.25, 0.3) is 0 Å². The zero-order valence-electron chi connectivity index (χ0n) is 22.5. The molecule has 2 heterocycles. The molecule has 4 amide bonds. The van der Waals surface area contributed by atoms with Gasteiger partial charge in [-0.05, 0) is 24.1 Å². The molecule has 4 rings (SSSR count). The van der Waals surface area contributed by atoms with E-state index >= 15 is 0 Å². The summed E-state index contributed by atoms with van der Waals surface area (Å²) in [5.74, 6) is -1.38. The SMILES string of the molecule is O=C(CCSSCCOC(=O)Nc1cccc2c1CN(C1CCC(=O)[NH+]=C1O)C2=O)N[C@@H](Cc1ccccc1)C(=O)O. The first-order chi connectivity index (χ1) is 20.2. The quantitative estimate of drug-likeness (QED) is 0.164. The van der Waals surface area contributed by atoms with Crippen LogP contribution in [-0.4, -0.2) is 81.0 Å². The summed E-state index contributed by atoms with van der Waals surface area (Å²) in [5.41, 5.74) is 2.25. The molecule has 1 unspecified atom stereocenters. The number of hydrogen-bond donors (Lipinski definition) is 5. The van der Waals surface area contributed by atoms with E-state index in [9.17, 15) is 34.2 Å². The van der Waals surface area contributed by atoms with E-state index in [0.717, 1.165) is 5.56 Å². The Morgan fingerprint density at radius 1 is 1.07 bits per heavy atom. The van der Waals surface area contributed by atoms with Crippen LogP contribution in [0.5, 0.6) is 0 Å². The summed E-state index contributed by atoms with van der Waals surface area (Å²) in [5, 5.41) is 24.8. The van der Waals surface area contributed by atoms with Gasteiger partial charge in [0.2, 0.25) is 5.91 Å². The molecule has 2 aromatic carbocycles. The number of carbonyl (C=O) groups excluding carboxylic acids is 4. The molecule has 222 valence electrons. The fourth-order valence-corrected chi connectivity index (χ4v) is 6.42. The number of nitrogens with one attached hydrogen (secondary N) is 3. The second-order valence-electron chi connectivity index (χ2n) is 9.56. The Hall–Kier alpha value is -4.04. The molecule has 2 aliphatic heterocycles. The molecule has 0 fully saturated rings. The average Bonchev–Trinajstić information content (AvgIpc) is 3.29. The third-order valence-corrected chi connectivity index (χ3v) is 9.02. The Bertz CT molecular complexity index is 1370. The molecule has 5 N–H and O–H groups in total. The maximum absolute atomic E-state index is 12.9. The summed E-state index contributed by atoms with van der Waals surface area (Å²) < 4.78 is 5.25. The zero-order valence-corrected chi connectivity index (χ0v) is 24.2. The van der Waals surface area contributed by atoms with Crippen molar-refractivity contribution in [2.75, 3.05) is 23.4 Å². The van der Waals surface area contributed by atoms with E-state index < -0.39 is 24.1 Å². The van der Waals surface area contributed by atoms with Crippen LogP contribution in [0.3, 0.4) is 0 Å². The van der Waals surface area contributed by atoms with Crippen LogP contribution in [0, 0.1) is 0 Å². The van der Waals surface area contributed by atoms with Crippen molar-refractivity contribution in [3.05, 3.63) is 65.2 Å². The lowest BCUT2D eigenvalue weighted by Gasteiger charge is -2.24. The van der Waals surface area contributed by atoms with Gasteiger partial charge in [0.05, 0.1) is 6.42 Å². The number of carboxylic acids is 1. The van der Waals surface area contributed by atoms with E-state index in [1.165, 1.54) is 26.5 Å². The van der Waals surface area contributed by atoms with Crippen molar-refractivity contribution in [3.63, 3.8) is 0 Å². The molecule has 0 saturated carbocycles. The lowest BCUT2D eigenvalue weighted by molar-refractivity contribution is -0.394. The molecule has 14 heteroatoms. The molecule has 12 nitrogen and oxygen atoms in total. The number of aliphatic hydroxyl groups excluding tert-OH is 1. The van der Waals surface area contributed by atoms with Gasteiger partial charge in [0.25, 0.3) is 5.91 Å². The second-order valence-corrected chi connectivity index (χ2v) is 12.3. The predicted octanol–water partition coefficient (Wildman–Crippen LogP) is 1.50. The number of hydrogen-bond acceptors (Lipinski definition) is 8. The van der Waals surface area contributed by atoms with E-state index in [2.05, 4.69) is 15.6 Å². The normalized spacial score (nSPS) is 16.8. The van der Waals surface area contributed by atoms with E-state index in [-0.39, 0.29) is 56.0 Å². The number of anilines is 1. The minimum absolute atomic E-state index is 0.110. The number of rotatable bonds is 13. The molecule has 0 aromatic heterocycles. The molecule has 0 spiro atoms. The summed E-state index contributed by atoms with van der Waals surface area (Å²) in [7, 11) is 2.83. The Balaban J connectivity index is 1.14. The Labute approximate surface area is 249 Å². The number of benzene rings is 2. The van der Waals surface area contributed by atoms with E-state index in [1.54, 1.807) is 18.2 Å². The van der Waals surface area contributed by atoms with Crippen LogP contribution in [0.2, 0.25) is 0 Å². The predicted molar refractivity (Wildman–Crippen MR) is 157 cm³/mol. The maximum Gasteiger partial charge on any atom is 0.411 e. The second kappa shape index (κ2) is 14.7. The molecule has 0 bridgehead atoms. The standard InChI is InChI=1S/C28H30N4O8S2/c33-23-10-9-22(25(35)31-23)32-16-19-18(26(32)36)7-4-8-20(19)30-28(39)40-12-14-42-41-13-11-24(34)29-21(27(37)38)15-17-5-2-1-3-6-17/h1-8,21-22H,9-16H2,(H,29,34)(H,30,39)(H,37,38)(H,31,33,35)/p+1/t21-,22?/m0/s1. The number of fused-ring (bicyclic) bond motifs is 1. The summed E-state index contributed by atoms with van der Waals surface area (Å²) in [4.78, 5) is 64.4. The van der Waals surface area contributed by atoms with Gasteiger partial charge in [-0.2, -0.15) is 0 Å². The number of carbonyl (C=O) groups is 5. The summed E-state index contributed by atoms with van der Waals surface area (Å²) in [6.45, 7) is 0.271. The number of carboxylic acid groups (broad SMARTS) is 1. The molecule has 0 saturated heterocycles. The largest absolute Gasteiger partial charge is 0.480 e. The van der Waals surface area contributed by atoms with E-state index in [4.69, 9.17) is 4.74 Å². The van der Waals surface area contributed by atoms with Crippen molar-refractivity contribution in [2.45, 2.75) is 44.3 Å². The fourth-order valence-electron chi connectivity index (χ4n) is 4.60. The van der Waals surface area contributed by atoms with Gasteiger partial charge >= 0.3 is 23.9 Å². The first-order valence-corrected chi connectivity index (χ1v) is 15.7. The van der Waals surface area contributed by atoms with Crippen LogP contribution in [0.15, 0.2) is 48.5 Å². The highest BCUT2D eigenvalue weighted by molar-refractivity contribution is 8.76. The monoisotopic (exact) mass is 615 g/mol. The minimum atomic E-state index is -1.09. The number of amides is 4. The first kappa shape index (κ1) is 30.9. The average molecular weight is 616 g/mol. The number of nitrogens with zero attached hydrogens (tertiary/aromatic N) is 1. The van der Waals surface area contributed by atoms with Crippen molar-refractivity contribution in [1.82, 2.24) is 10.2 Å². The van der Waals surface area contributed by atoms with E-state index in [1.807, 2.05) is 30.3 Å². The van der Waals surface area contributed by atoms with Gasteiger partial charge in [-0.25, -0.2) is 14.4 Å². The molecule has 2 aliphatic rings. The summed E-state index contributed by atoms with van der Waals surface area (Å²) in [6, 6.07) is 12.4. The Morgan fingerprint density at radius 3 is 2.57 bits per heavy atom. The maximum atomic E-state index is 12.9. The molecule has 42 heavy (non-hydrogen) atoms. The van der Waals surface area contributed by atoms with E-state index in [0.29, 0.717) is 34.7 Å². The summed E-state index contributed by atoms with van der Waals surface area (Å²) in [6.07, 6.45) is 0.160. The molecule has 0 radical (unpaired) electrons. The molecular weight excluding hydrogens is 584 g/mol. The molecular formula is C28H31N4O8S2+. The zero-order chi connectivity index (χ0) is 30.1. The fraction of sp³-hybridized carbons (Fsp3) is 0.357. The van der Waals surface area contributed by atoms with Crippen LogP contribution in [0.1, 0.15) is 40.7 Å². The Morgan fingerprint density at radius 2 is 1.83 bits per heavy atom. The van der Waals surface area contributed by atoms with Crippen molar-refractivity contribution in [1.29, 1.82) is 0 Å². The first-order valence-electron chi connectivity index (χ1n) is 13.3. The smallest absolute Gasteiger partial charge is 0.411 e. The van der Waals surface area contributed by atoms with Crippen molar-refractivity contribution >= 4 is 63.0 Å². The third kappa shape index (κ3) is 8.26. The lowest BCUT2D eigenvalue weighted by Crippen LogP contribution is -2.82. The number of aliphatic carboxylic acids is 1. The number of aliphatic hydroxyl groups is 1. The van der Waals surface area contributed by atoms with Crippen LogP contribution >= 0.6 is 21.6 Å². The third-order valence-electron chi connectivity index (χ3n) is 6.65.